The van der Waals surface area contributed by atoms with Gasteiger partial charge in [-0.3, -0.25) is 0 Å². The topological polar surface area (TPSA) is 49.9 Å². The van der Waals surface area contributed by atoms with E-state index in [1.807, 2.05) is 18.2 Å². The Balaban J connectivity index is 2.20. The summed E-state index contributed by atoms with van der Waals surface area (Å²) in [5.41, 5.74) is 0.942. The van der Waals surface area contributed by atoms with Crippen molar-refractivity contribution in [2.75, 3.05) is 12.4 Å². The highest BCUT2D eigenvalue weighted by Gasteiger charge is 2.01. The van der Waals surface area contributed by atoms with Crippen molar-refractivity contribution in [1.29, 1.82) is 0 Å². The van der Waals surface area contributed by atoms with Crippen molar-refractivity contribution in [3.8, 4) is 5.75 Å². The van der Waals surface area contributed by atoms with Gasteiger partial charge in [0.05, 0.1) is 11.6 Å². The van der Waals surface area contributed by atoms with Crippen LogP contribution in [0.5, 0.6) is 5.75 Å². The number of rotatable bonds is 3. The van der Waals surface area contributed by atoms with Crippen LogP contribution in [0.3, 0.4) is 0 Å². The van der Waals surface area contributed by atoms with Crippen molar-refractivity contribution in [3.05, 3.63) is 35.1 Å². The van der Waals surface area contributed by atoms with E-state index in [4.69, 9.17) is 4.74 Å². The molecule has 0 atom stereocenters. The summed E-state index contributed by atoms with van der Waals surface area (Å²) in [5, 5.41) is 3.12. The molecule has 0 amide bonds. The molecule has 5 heteroatoms. The van der Waals surface area contributed by atoms with E-state index in [0.717, 1.165) is 15.9 Å². The molecule has 2 N–H and O–H groups in total. The maximum Gasteiger partial charge on any atom is 0.204 e. The third-order valence-electron chi connectivity index (χ3n) is 1.91. The highest BCUT2D eigenvalue weighted by atomic mass is 79.9. The average molecular weight is 268 g/mol. The molecule has 0 spiro atoms. The van der Waals surface area contributed by atoms with Gasteiger partial charge in [-0.25, -0.2) is 4.98 Å². The lowest BCUT2D eigenvalue weighted by molar-refractivity contribution is 0.412. The van der Waals surface area contributed by atoms with Gasteiger partial charge in [-0.2, -0.15) is 0 Å². The summed E-state index contributed by atoms with van der Waals surface area (Å²) >= 11 is 3.42. The molecule has 78 valence electrons. The number of hydrogen-bond donors (Lipinski definition) is 2. The Morgan fingerprint density at radius 2 is 2.33 bits per heavy atom. The Hall–Kier alpha value is -1.49. The second-order valence-electron chi connectivity index (χ2n) is 2.91. The number of methoxy groups -OCH3 is 1. The molecule has 1 aromatic carbocycles. The minimum Gasteiger partial charge on any atom is -0.496 e. The summed E-state index contributed by atoms with van der Waals surface area (Å²) < 4.78 is 6.04. The SMILES string of the molecule is COc1ccc(Nc2ncc[nH]2)cc1Br. The van der Waals surface area contributed by atoms with Gasteiger partial charge >= 0.3 is 0 Å². The number of anilines is 2. The molecule has 0 aliphatic rings. The van der Waals surface area contributed by atoms with Gasteiger partial charge in [0.15, 0.2) is 0 Å². The molecule has 0 unspecified atom stereocenters. The number of aromatic amines is 1. The summed E-state index contributed by atoms with van der Waals surface area (Å²) in [6.07, 6.45) is 3.46. The van der Waals surface area contributed by atoms with E-state index in [-0.39, 0.29) is 0 Å². The van der Waals surface area contributed by atoms with Gasteiger partial charge in [-0.05, 0) is 34.1 Å². The van der Waals surface area contributed by atoms with Gasteiger partial charge in [-0.1, -0.05) is 0 Å². The van der Waals surface area contributed by atoms with Gasteiger partial charge < -0.3 is 15.0 Å². The highest BCUT2D eigenvalue weighted by molar-refractivity contribution is 9.10. The van der Waals surface area contributed by atoms with Crippen LogP contribution < -0.4 is 10.1 Å². The maximum absolute atomic E-state index is 5.14. The van der Waals surface area contributed by atoms with Gasteiger partial charge in [-0.15, -0.1) is 0 Å². The van der Waals surface area contributed by atoms with Crippen LogP contribution in [0.4, 0.5) is 11.6 Å². The molecule has 0 saturated heterocycles. The first-order valence-corrected chi connectivity index (χ1v) is 5.19. The Labute approximate surface area is 95.8 Å². The van der Waals surface area contributed by atoms with Gasteiger partial charge in [0.25, 0.3) is 0 Å². The van der Waals surface area contributed by atoms with Crippen LogP contribution in [0.25, 0.3) is 0 Å². The second kappa shape index (κ2) is 4.35. The van der Waals surface area contributed by atoms with Crippen LogP contribution in [0, 0.1) is 0 Å². The summed E-state index contributed by atoms with van der Waals surface area (Å²) in [7, 11) is 1.64. The van der Waals surface area contributed by atoms with Crippen LogP contribution in [0.15, 0.2) is 35.1 Å². The Morgan fingerprint density at radius 3 is 2.93 bits per heavy atom. The van der Waals surface area contributed by atoms with Gasteiger partial charge in [0, 0.05) is 18.1 Å². The fraction of sp³-hybridized carbons (Fsp3) is 0.100. The largest absolute Gasteiger partial charge is 0.496 e. The summed E-state index contributed by atoms with van der Waals surface area (Å²) in [5.74, 6) is 1.52. The minimum atomic E-state index is 0.715. The molecule has 0 aliphatic heterocycles. The lowest BCUT2D eigenvalue weighted by Gasteiger charge is -2.06. The number of H-pyrrole nitrogens is 1. The quantitative estimate of drug-likeness (QED) is 0.899. The zero-order valence-corrected chi connectivity index (χ0v) is 9.71. The van der Waals surface area contributed by atoms with Crippen molar-refractivity contribution in [2.24, 2.45) is 0 Å². The lowest BCUT2D eigenvalue weighted by Crippen LogP contribution is -1.93. The summed E-state index contributed by atoms with van der Waals surface area (Å²) in [6, 6.07) is 5.74. The molecule has 0 saturated carbocycles. The third-order valence-corrected chi connectivity index (χ3v) is 2.53. The number of imidazole rings is 1. The molecular weight excluding hydrogens is 258 g/mol. The fourth-order valence-corrected chi connectivity index (χ4v) is 1.76. The van der Waals surface area contributed by atoms with Crippen molar-refractivity contribution in [2.45, 2.75) is 0 Å². The molecule has 0 radical (unpaired) electrons. The van der Waals surface area contributed by atoms with Crippen molar-refractivity contribution < 1.29 is 4.74 Å². The van der Waals surface area contributed by atoms with Crippen LogP contribution in [0.2, 0.25) is 0 Å². The number of ether oxygens (including phenoxy) is 1. The minimum absolute atomic E-state index is 0.715. The van der Waals surface area contributed by atoms with E-state index in [0.29, 0.717) is 5.95 Å². The Bertz CT molecular complexity index is 442. The molecule has 4 nitrogen and oxygen atoms in total. The van der Waals surface area contributed by atoms with Gasteiger partial charge in [0.2, 0.25) is 5.95 Å². The molecule has 0 fully saturated rings. The van der Waals surface area contributed by atoms with E-state index in [2.05, 4.69) is 31.2 Å². The number of hydrogen-bond acceptors (Lipinski definition) is 3. The first-order chi connectivity index (χ1) is 7.29. The maximum atomic E-state index is 5.14. The molecule has 0 aliphatic carbocycles. The first-order valence-electron chi connectivity index (χ1n) is 4.39. The molecular formula is C10H10BrN3O. The van der Waals surface area contributed by atoms with E-state index in [9.17, 15) is 0 Å². The summed E-state index contributed by atoms with van der Waals surface area (Å²) in [4.78, 5) is 7.04. The van der Waals surface area contributed by atoms with Crippen LogP contribution in [-0.4, -0.2) is 17.1 Å². The van der Waals surface area contributed by atoms with Crippen LogP contribution >= 0.6 is 15.9 Å². The monoisotopic (exact) mass is 267 g/mol. The number of benzene rings is 1. The fourth-order valence-electron chi connectivity index (χ4n) is 1.21. The van der Waals surface area contributed by atoms with E-state index < -0.39 is 0 Å². The van der Waals surface area contributed by atoms with Gasteiger partial charge in [0.1, 0.15) is 5.75 Å². The zero-order chi connectivity index (χ0) is 10.7. The molecule has 1 aromatic heterocycles. The predicted octanol–water partition coefficient (Wildman–Crippen LogP) is 2.92. The normalized spacial score (nSPS) is 10.0. The number of aromatic nitrogens is 2. The first kappa shape index (κ1) is 10.0. The van der Waals surface area contributed by atoms with E-state index >= 15 is 0 Å². The molecule has 1 heterocycles. The predicted molar refractivity (Wildman–Crippen MR) is 62.6 cm³/mol. The highest BCUT2D eigenvalue weighted by Crippen LogP contribution is 2.28. The summed E-state index contributed by atoms with van der Waals surface area (Å²) in [6.45, 7) is 0. The molecule has 0 bridgehead atoms. The number of nitrogens with zero attached hydrogens (tertiary/aromatic N) is 1. The van der Waals surface area contributed by atoms with Crippen molar-refractivity contribution in [1.82, 2.24) is 9.97 Å². The Morgan fingerprint density at radius 1 is 1.47 bits per heavy atom. The molecule has 2 aromatic rings. The van der Waals surface area contributed by atoms with Crippen LogP contribution in [-0.2, 0) is 0 Å². The van der Waals surface area contributed by atoms with Crippen molar-refractivity contribution >= 4 is 27.6 Å². The number of nitrogens with one attached hydrogen (secondary N) is 2. The average Bonchev–Trinajstić information content (AvgIpc) is 2.71. The Kier molecular flexibility index (Phi) is 2.91. The standard InChI is InChI=1S/C10H10BrN3O/c1-15-9-3-2-7(6-8(9)11)14-10-12-4-5-13-10/h2-6H,1H3,(H2,12,13,14). The number of halogens is 1. The van der Waals surface area contributed by atoms with Crippen molar-refractivity contribution in [3.63, 3.8) is 0 Å². The van der Waals surface area contributed by atoms with Crippen LogP contribution in [0.1, 0.15) is 0 Å². The zero-order valence-electron chi connectivity index (χ0n) is 8.12. The van der Waals surface area contributed by atoms with E-state index in [1.54, 1.807) is 19.5 Å². The third kappa shape index (κ3) is 2.30. The van der Waals surface area contributed by atoms with E-state index in [1.165, 1.54) is 0 Å². The smallest absolute Gasteiger partial charge is 0.204 e. The second-order valence-corrected chi connectivity index (χ2v) is 3.77. The lowest BCUT2D eigenvalue weighted by atomic mass is 10.3. The molecule has 15 heavy (non-hydrogen) atoms. The molecule has 2 rings (SSSR count).